The van der Waals surface area contributed by atoms with Gasteiger partial charge in [-0.25, -0.2) is 0 Å². The molecule has 1 saturated heterocycles. The molecule has 1 heterocycles. The molecule has 0 bridgehead atoms. The Bertz CT molecular complexity index is 410. The second kappa shape index (κ2) is 7.48. The maximum atomic E-state index is 6.06. The molecule has 5 heteroatoms. The molecule has 2 unspecified atom stereocenters. The zero-order chi connectivity index (χ0) is 13.7. The Labute approximate surface area is 127 Å². The average Bonchev–Trinajstić information content (AvgIpc) is 2.92. The minimum Gasteiger partial charge on any atom is -0.491 e. The van der Waals surface area contributed by atoms with Gasteiger partial charge in [-0.05, 0) is 38.0 Å². The summed E-state index contributed by atoms with van der Waals surface area (Å²) in [5.74, 6) is 0.711. The van der Waals surface area contributed by atoms with E-state index in [2.05, 4.69) is 28.2 Å². The van der Waals surface area contributed by atoms with E-state index < -0.39 is 0 Å². The molecule has 0 saturated carbocycles. The standard InChI is InChI=1S/C14H19BrClNO2/c1-10(13-3-2-7-18-13)17-6-8-19-14-9-11(15)4-5-12(14)16/h4-5,9-10,13,17H,2-3,6-8H2,1H3. The second-order valence-electron chi connectivity index (χ2n) is 4.72. The first-order chi connectivity index (χ1) is 9.16. The maximum absolute atomic E-state index is 6.06. The summed E-state index contributed by atoms with van der Waals surface area (Å²) in [6.07, 6.45) is 2.65. The molecule has 1 N–H and O–H groups in total. The van der Waals surface area contributed by atoms with Crippen molar-refractivity contribution in [2.24, 2.45) is 0 Å². The molecule has 2 rings (SSSR count). The number of rotatable bonds is 6. The van der Waals surface area contributed by atoms with E-state index in [0.29, 0.717) is 29.5 Å². The highest BCUT2D eigenvalue weighted by Crippen LogP contribution is 2.27. The third-order valence-electron chi connectivity index (χ3n) is 3.24. The van der Waals surface area contributed by atoms with E-state index in [4.69, 9.17) is 21.1 Å². The van der Waals surface area contributed by atoms with E-state index in [1.807, 2.05) is 18.2 Å². The van der Waals surface area contributed by atoms with E-state index in [1.54, 1.807) is 0 Å². The van der Waals surface area contributed by atoms with Crippen LogP contribution in [0.1, 0.15) is 19.8 Å². The van der Waals surface area contributed by atoms with Crippen LogP contribution in [0.2, 0.25) is 5.02 Å². The average molecular weight is 349 g/mol. The first kappa shape index (κ1) is 15.1. The predicted molar refractivity (Wildman–Crippen MR) is 81.1 cm³/mol. The van der Waals surface area contributed by atoms with Crippen molar-refractivity contribution in [3.8, 4) is 5.75 Å². The van der Waals surface area contributed by atoms with Crippen molar-refractivity contribution in [2.45, 2.75) is 31.9 Å². The lowest BCUT2D eigenvalue weighted by Gasteiger charge is -2.20. The Kier molecular flexibility index (Phi) is 5.95. The van der Waals surface area contributed by atoms with Crippen LogP contribution in [0.5, 0.6) is 5.75 Å². The van der Waals surface area contributed by atoms with Crippen molar-refractivity contribution in [3.05, 3.63) is 27.7 Å². The molecule has 1 aromatic carbocycles. The van der Waals surface area contributed by atoms with Crippen LogP contribution in [0.4, 0.5) is 0 Å². The third-order valence-corrected chi connectivity index (χ3v) is 4.05. The molecule has 1 aromatic rings. The number of benzene rings is 1. The molecule has 1 aliphatic heterocycles. The number of ether oxygens (including phenoxy) is 2. The zero-order valence-corrected chi connectivity index (χ0v) is 13.3. The first-order valence-electron chi connectivity index (χ1n) is 6.59. The van der Waals surface area contributed by atoms with E-state index in [0.717, 1.165) is 24.0 Å². The van der Waals surface area contributed by atoms with Crippen molar-refractivity contribution in [1.82, 2.24) is 5.32 Å². The summed E-state index contributed by atoms with van der Waals surface area (Å²) in [5, 5.41) is 4.06. The van der Waals surface area contributed by atoms with E-state index in [-0.39, 0.29) is 0 Å². The topological polar surface area (TPSA) is 30.5 Å². The lowest BCUT2D eigenvalue weighted by Crippen LogP contribution is -2.39. The molecule has 19 heavy (non-hydrogen) atoms. The van der Waals surface area contributed by atoms with Gasteiger partial charge in [0.25, 0.3) is 0 Å². The summed E-state index contributed by atoms with van der Waals surface area (Å²) >= 11 is 9.46. The van der Waals surface area contributed by atoms with Crippen LogP contribution >= 0.6 is 27.5 Å². The van der Waals surface area contributed by atoms with E-state index in [1.165, 1.54) is 6.42 Å². The van der Waals surface area contributed by atoms with Gasteiger partial charge in [-0.3, -0.25) is 0 Å². The number of nitrogens with one attached hydrogen (secondary N) is 1. The molecule has 0 spiro atoms. The van der Waals surface area contributed by atoms with Crippen molar-refractivity contribution in [3.63, 3.8) is 0 Å². The molecule has 106 valence electrons. The van der Waals surface area contributed by atoms with Crippen LogP contribution in [0, 0.1) is 0 Å². The lowest BCUT2D eigenvalue weighted by atomic mass is 10.1. The highest BCUT2D eigenvalue weighted by atomic mass is 79.9. The van der Waals surface area contributed by atoms with Crippen molar-refractivity contribution >= 4 is 27.5 Å². The quantitative estimate of drug-likeness (QED) is 0.796. The van der Waals surface area contributed by atoms with Gasteiger partial charge in [0, 0.05) is 23.7 Å². The minimum absolute atomic E-state index is 0.342. The smallest absolute Gasteiger partial charge is 0.139 e. The normalized spacial score (nSPS) is 20.5. The second-order valence-corrected chi connectivity index (χ2v) is 6.04. The van der Waals surface area contributed by atoms with Gasteiger partial charge in [-0.15, -0.1) is 0 Å². The maximum Gasteiger partial charge on any atom is 0.139 e. The Morgan fingerprint density at radius 1 is 1.58 bits per heavy atom. The molecule has 3 nitrogen and oxygen atoms in total. The summed E-state index contributed by atoms with van der Waals surface area (Å²) in [5.41, 5.74) is 0. The Hall–Kier alpha value is -0.290. The Morgan fingerprint density at radius 2 is 2.42 bits per heavy atom. The van der Waals surface area contributed by atoms with E-state index >= 15 is 0 Å². The van der Waals surface area contributed by atoms with Gasteiger partial charge in [0.1, 0.15) is 12.4 Å². The van der Waals surface area contributed by atoms with Crippen LogP contribution in [-0.4, -0.2) is 31.9 Å². The summed E-state index contributed by atoms with van der Waals surface area (Å²) in [4.78, 5) is 0. The highest BCUT2D eigenvalue weighted by Gasteiger charge is 2.21. The van der Waals surface area contributed by atoms with Gasteiger partial charge in [0.15, 0.2) is 0 Å². The fourth-order valence-electron chi connectivity index (χ4n) is 2.16. The van der Waals surface area contributed by atoms with Crippen LogP contribution < -0.4 is 10.1 Å². The molecule has 0 radical (unpaired) electrons. The molecular formula is C14H19BrClNO2. The SMILES string of the molecule is CC(NCCOc1cc(Br)ccc1Cl)C1CCCO1. The van der Waals surface area contributed by atoms with Crippen molar-refractivity contribution in [1.29, 1.82) is 0 Å². The van der Waals surface area contributed by atoms with Crippen LogP contribution in [0.15, 0.2) is 22.7 Å². The number of hydrogen-bond acceptors (Lipinski definition) is 3. The third kappa shape index (κ3) is 4.63. The monoisotopic (exact) mass is 347 g/mol. The molecule has 1 aliphatic rings. The fraction of sp³-hybridized carbons (Fsp3) is 0.571. The molecule has 1 fully saturated rings. The van der Waals surface area contributed by atoms with Crippen molar-refractivity contribution in [2.75, 3.05) is 19.8 Å². The summed E-state index contributed by atoms with van der Waals surface area (Å²) in [6.45, 7) is 4.42. The molecule has 0 aromatic heterocycles. The van der Waals surface area contributed by atoms with Gasteiger partial charge >= 0.3 is 0 Å². The summed E-state index contributed by atoms with van der Waals surface area (Å²) in [7, 11) is 0. The highest BCUT2D eigenvalue weighted by molar-refractivity contribution is 9.10. The van der Waals surface area contributed by atoms with Gasteiger partial charge in [0.2, 0.25) is 0 Å². The van der Waals surface area contributed by atoms with Crippen molar-refractivity contribution < 1.29 is 9.47 Å². The van der Waals surface area contributed by atoms with Crippen LogP contribution in [-0.2, 0) is 4.74 Å². The largest absolute Gasteiger partial charge is 0.491 e. The Morgan fingerprint density at radius 3 is 3.16 bits per heavy atom. The Balaban J connectivity index is 1.70. The molecule has 0 amide bonds. The fourth-order valence-corrected chi connectivity index (χ4v) is 2.68. The van der Waals surface area contributed by atoms with E-state index in [9.17, 15) is 0 Å². The molecule has 0 aliphatic carbocycles. The van der Waals surface area contributed by atoms with Gasteiger partial charge < -0.3 is 14.8 Å². The zero-order valence-electron chi connectivity index (χ0n) is 11.0. The number of halogens is 2. The van der Waals surface area contributed by atoms with Crippen LogP contribution in [0.3, 0.4) is 0 Å². The minimum atomic E-state index is 0.342. The first-order valence-corrected chi connectivity index (χ1v) is 7.77. The van der Waals surface area contributed by atoms with Gasteiger partial charge in [-0.2, -0.15) is 0 Å². The summed E-state index contributed by atoms with van der Waals surface area (Å²) < 4.78 is 12.3. The molecular weight excluding hydrogens is 330 g/mol. The lowest BCUT2D eigenvalue weighted by molar-refractivity contribution is 0.0824. The number of hydrogen-bond donors (Lipinski definition) is 1. The summed E-state index contributed by atoms with van der Waals surface area (Å²) in [6, 6.07) is 5.96. The predicted octanol–water partition coefficient (Wildman–Crippen LogP) is 3.64. The van der Waals surface area contributed by atoms with Crippen LogP contribution in [0.25, 0.3) is 0 Å². The van der Waals surface area contributed by atoms with Gasteiger partial charge in [0.05, 0.1) is 11.1 Å². The molecule has 2 atom stereocenters. The van der Waals surface area contributed by atoms with Gasteiger partial charge in [-0.1, -0.05) is 27.5 Å².